The molecule has 1 aromatic rings. The Balaban J connectivity index is 2.08. The molecule has 0 amide bonds. The Kier molecular flexibility index (Phi) is 4.09. The average Bonchev–Trinajstić information content (AvgIpc) is 2.59. The summed E-state index contributed by atoms with van der Waals surface area (Å²) in [5, 5.41) is 0. The largest absolute Gasteiger partial charge is 0.496 e. The predicted molar refractivity (Wildman–Crippen MR) is 79.1 cm³/mol. The first-order valence-corrected chi connectivity index (χ1v) is 6.93. The average molecular weight is 278 g/mol. The molecule has 1 atom stereocenters. The van der Waals surface area contributed by atoms with Gasteiger partial charge in [-0.3, -0.25) is 0 Å². The van der Waals surface area contributed by atoms with Gasteiger partial charge in [0.2, 0.25) is 5.88 Å². The van der Waals surface area contributed by atoms with Crippen molar-refractivity contribution in [2.24, 2.45) is 5.73 Å². The van der Waals surface area contributed by atoms with Gasteiger partial charge in [0, 0.05) is 18.2 Å². The highest BCUT2D eigenvalue weighted by molar-refractivity contribution is 6.62. The highest BCUT2D eigenvalue weighted by atomic mass is 16.7. The quantitative estimate of drug-likeness (QED) is 0.836. The van der Waals surface area contributed by atoms with Crippen LogP contribution in [0.4, 0.5) is 0 Å². The van der Waals surface area contributed by atoms with Gasteiger partial charge in [-0.05, 0) is 40.7 Å². The molecule has 20 heavy (non-hydrogen) atoms. The van der Waals surface area contributed by atoms with Gasteiger partial charge < -0.3 is 19.8 Å². The van der Waals surface area contributed by atoms with Gasteiger partial charge in [-0.2, -0.15) is 0 Å². The summed E-state index contributed by atoms with van der Waals surface area (Å²) < 4.78 is 17.5. The summed E-state index contributed by atoms with van der Waals surface area (Å²) in [5.74, 6) is 0.559. The summed E-state index contributed by atoms with van der Waals surface area (Å²) in [5.41, 5.74) is 5.71. The van der Waals surface area contributed by atoms with Gasteiger partial charge in [0.15, 0.2) is 0 Å². The Morgan fingerprint density at radius 1 is 1.25 bits per heavy atom. The fourth-order valence-corrected chi connectivity index (χ4v) is 1.83. The summed E-state index contributed by atoms with van der Waals surface area (Å²) in [7, 11) is -0.395. The van der Waals surface area contributed by atoms with E-state index in [-0.39, 0.29) is 17.3 Å². The van der Waals surface area contributed by atoms with E-state index < -0.39 is 7.12 Å². The van der Waals surface area contributed by atoms with Crippen molar-refractivity contribution in [3.8, 4) is 5.88 Å². The second-order valence-electron chi connectivity index (χ2n) is 6.18. The molecule has 110 valence electrons. The van der Waals surface area contributed by atoms with Crippen LogP contribution in [0.25, 0.3) is 0 Å². The topological polar surface area (TPSA) is 66.6 Å². The summed E-state index contributed by atoms with van der Waals surface area (Å²) in [6, 6.07) is 3.72. The molecule has 1 aliphatic heterocycles. The Morgan fingerprint density at radius 2 is 1.85 bits per heavy atom. The standard InChI is InChI=1S/C14H23BN2O3/c1-10(8-16)18-12-7-6-11(9-17-12)15-19-13(2,3)14(4,5)20-15/h6-7,9-10H,8,16H2,1-5H3. The molecule has 0 radical (unpaired) electrons. The molecule has 0 spiro atoms. The van der Waals surface area contributed by atoms with Crippen LogP contribution in [-0.2, 0) is 9.31 Å². The van der Waals surface area contributed by atoms with E-state index in [4.69, 9.17) is 19.8 Å². The molecule has 6 heteroatoms. The Morgan fingerprint density at radius 3 is 2.30 bits per heavy atom. The number of ether oxygens (including phenoxy) is 1. The molecule has 1 fully saturated rings. The first-order chi connectivity index (χ1) is 9.25. The highest BCUT2D eigenvalue weighted by Crippen LogP contribution is 2.36. The van der Waals surface area contributed by atoms with E-state index in [9.17, 15) is 0 Å². The fourth-order valence-electron chi connectivity index (χ4n) is 1.83. The summed E-state index contributed by atoms with van der Waals surface area (Å²) in [6.07, 6.45) is 1.67. The monoisotopic (exact) mass is 278 g/mol. The van der Waals surface area contributed by atoms with Crippen LogP contribution in [0.5, 0.6) is 5.88 Å². The Bertz CT molecular complexity index is 446. The predicted octanol–water partition coefficient (Wildman–Crippen LogP) is 1.11. The van der Waals surface area contributed by atoms with Crippen LogP contribution >= 0.6 is 0 Å². The van der Waals surface area contributed by atoms with E-state index in [2.05, 4.69) is 4.98 Å². The van der Waals surface area contributed by atoms with E-state index in [0.717, 1.165) is 5.46 Å². The number of hydrogen-bond donors (Lipinski definition) is 1. The molecule has 0 saturated carbocycles. The molecule has 1 aromatic heterocycles. The van der Waals surface area contributed by atoms with Crippen LogP contribution in [-0.4, -0.2) is 36.0 Å². The van der Waals surface area contributed by atoms with Crippen molar-refractivity contribution >= 4 is 12.6 Å². The zero-order chi connectivity index (χ0) is 15.0. The number of pyridine rings is 1. The van der Waals surface area contributed by atoms with Gasteiger partial charge in [0.1, 0.15) is 6.10 Å². The molecule has 0 aromatic carbocycles. The van der Waals surface area contributed by atoms with E-state index in [1.54, 1.807) is 6.20 Å². The number of nitrogens with two attached hydrogens (primary N) is 1. The van der Waals surface area contributed by atoms with Crippen LogP contribution in [0.1, 0.15) is 34.6 Å². The van der Waals surface area contributed by atoms with Crippen molar-refractivity contribution in [2.45, 2.75) is 51.9 Å². The van der Waals surface area contributed by atoms with Crippen LogP contribution in [0.2, 0.25) is 0 Å². The zero-order valence-electron chi connectivity index (χ0n) is 12.8. The Hall–Kier alpha value is -1.11. The first kappa shape index (κ1) is 15.3. The molecular weight excluding hydrogens is 255 g/mol. The molecule has 0 aliphatic carbocycles. The maximum absolute atomic E-state index is 5.97. The van der Waals surface area contributed by atoms with Crippen molar-refractivity contribution in [2.75, 3.05) is 6.54 Å². The van der Waals surface area contributed by atoms with Gasteiger partial charge in [-0.1, -0.05) is 6.07 Å². The molecule has 1 unspecified atom stereocenters. The molecule has 1 saturated heterocycles. The normalized spacial score (nSPS) is 21.8. The number of nitrogens with zero attached hydrogens (tertiary/aromatic N) is 1. The maximum atomic E-state index is 5.97. The Labute approximate surface area is 121 Å². The van der Waals surface area contributed by atoms with Crippen LogP contribution in [0.3, 0.4) is 0 Å². The summed E-state index contributed by atoms with van der Waals surface area (Å²) in [4.78, 5) is 4.27. The van der Waals surface area contributed by atoms with Gasteiger partial charge in [-0.25, -0.2) is 4.98 Å². The minimum Gasteiger partial charge on any atom is -0.473 e. The minimum absolute atomic E-state index is 0.0507. The molecule has 2 N–H and O–H groups in total. The third kappa shape index (κ3) is 2.97. The van der Waals surface area contributed by atoms with Crippen molar-refractivity contribution in [1.29, 1.82) is 0 Å². The second kappa shape index (κ2) is 5.35. The van der Waals surface area contributed by atoms with E-state index in [1.807, 2.05) is 46.8 Å². The molecule has 2 heterocycles. The third-order valence-corrected chi connectivity index (χ3v) is 3.94. The number of hydrogen-bond acceptors (Lipinski definition) is 5. The van der Waals surface area contributed by atoms with E-state index in [0.29, 0.717) is 12.4 Å². The van der Waals surface area contributed by atoms with Crippen molar-refractivity contribution in [1.82, 2.24) is 4.98 Å². The SMILES string of the molecule is CC(CN)Oc1ccc(B2OC(C)(C)C(C)(C)O2)cn1. The first-order valence-electron chi connectivity index (χ1n) is 6.93. The van der Waals surface area contributed by atoms with Gasteiger partial charge in [0.05, 0.1) is 11.2 Å². The smallest absolute Gasteiger partial charge is 0.473 e. The molecule has 0 bridgehead atoms. The number of aromatic nitrogens is 1. The van der Waals surface area contributed by atoms with E-state index >= 15 is 0 Å². The van der Waals surface area contributed by atoms with Gasteiger partial charge >= 0.3 is 7.12 Å². The fraction of sp³-hybridized carbons (Fsp3) is 0.643. The summed E-state index contributed by atoms with van der Waals surface area (Å²) >= 11 is 0. The highest BCUT2D eigenvalue weighted by Gasteiger charge is 2.51. The minimum atomic E-state index is -0.395. The second-order valence-corrected chi connectivity index (χ2v) is 6.18. The van der Waals surface area contributed by atoms with Crippen LogP contribution < -0.4 is 15.9 Å². The van der Waals surface area contributed by atoms with Gasteiger partial charge in [0.25, 0.3) is 0 Å². The van der Waals surface area contributed by atoms with Crippen molar-refractivity contribution in [3.63, 3.8) is 0 Å². The molecule has 2 rings (SSSR count). The molecule has 5 nitrogen and oxygen atoms in total. The van der Waals surface area contributed by atoms with E-state index in [1.165, 1.54) is 0 Å². The summed E-state index contributed by atoms with van der Waals surface area (Å²) in [6.45, 7) is 10.5. The lowest BCUT2D eigenvalue weighted by molar-refractivity contribution is 0.00578. The molecule has 1 aliphatic rings. The lowest BCUT2D eigenvalue weighted by Crippen LogP contribution is -2.41. The molecular formula is C14H23BN2O3. The van der Waals surface area contributed by atoms with Crippen LogP contribution in [0.15, 0.2) is 18.3 Å². The van der Waals surface area contributed by atoms with Crippen molar-refractivity contribution in [3.05, 3.63) is 18.3 Å². The lowest BCUT2D eigenvalue weighted by Gasteiger charge is -2.32. The maximum Gasteiger partial charge on any atom is 0.496 e. The zero-order valence-corrected chi connectivity index (χ0v) is 12.8. The van der Waals surface area contributed by atoms with Gasteiger partial charge in [-0.15, -0.1) is 0 Å². The number of rotatable bonds is 4. The lowest BCUT2D eigenvalue weighted by atomic mass is 9.80. The van der Waals surface area contributed by atoms with Crippen molar-refractivity contribution < 1.29 is 14.0 Å². The van der Waals surface area contributed by atoms with Crippen LogP contribution in [0, 0.1) is 0 Å². The third-order valence-electron chi connectivity index (χ3n) is 3.94.